The largest absolute Gasteiger partial charge is 0.452 e. The number of esters is 3. The van der Waals surface area contributed by atoms with Crippen LogP contribution in [0.4, 0.5) is 0 Å². The van der Waals surface area contributed by atoms with Crippen molar-refractivity contribution in [2.75, 3.05) is 19.9 Å². The number of benzene rings is 4. The molecule has 270 valence electrons. The molecule has 6 atom stereocenters. The smallest absolute Gasteiger partial charge is 0.338 e. The quantitative estimate of drug-likeness (QED) is 0.0601. The molecule has 4 aromatic carbocycles. The van der Waals surface area contributed by atoms with E-state index in [1.54, 1.807) is 73.7 Å². The van der Waals surface area contributed by atoms with E-state index >= 15 is 0 Å². The highest BCUT2D eigenvalue weighted by atomic mass is 32.2. The van der Waals surface area contributed by atoms with E-state index in [4.69, 9.17) is 34.3 Å². The second-order valence-electron chi connectivity index (χ2n) is 11.7. The zero-order valence-electron chi connectivity index (χ0n) is 28.6. The van der Waals surface area contributed by atoms with Crippen molar-refractivity contribution < 1.29 is 50.7 Å². The van der Waals surface area contributed by atoms with Gasteiger partial charge in [-0.05, 0) is 67.8 Å². The van der Waals surface area contributed by atoms with E-state index in [0.717, 1.165) is 5.56 Å². The summed E-state index contributed by atoms with van der Waals surface area (Å²) in [6.07, 6.45) is -2.26. The maximum absolute atomic E-state index is 13.8. The van der Waals surface area contributed by atoms with Gasteiger partial charge in [-0.3, -0.25) is 4.18 Å². The lowest BCUT2D eigenvalue weighted by Gasteiger charge is -2.44. The van der Waals surface area contributed by atoms with Crippen molar-refractivity contribution in [3.63, 3.8) is 0 Å². The van der Waals surface area contributed by atoms with E-state index in [9.17, 15) is 22.8 Å². The first-order valence-corrected chi connectivity index (χ1v) is 19.1. The van der Waals surface area contributed by atoms with Crippen molar-refractivity contribution in [3.05, 3.63) is 131 Å². The second kappa shape index (κ2) is 17.6. The van der Waals surface area contributed by atoms with E-state index in [2.05, 4.69) is 5.92 Å². The van der Waals surface area contributed by atoms with Gasteiger partial charge in [-0.25, -0.2) is 14.4 Å². The number of hydrogen-bond acceptors (Lipinski definition) is 11. The second-order valence-corrected chi connectivity index (χ2v) is 14.3. The monoisotopic (exact) mass is 744 g/mol. The van der Waals surface area contributed by atoms with Crippen LogP contribution in [0.1, 0.15) is 42.2 Å². The maximum Gasteiger partial charge on any atom is 0.338 e. The maximum atomic E-state index is 13.8. The Labute approximate surface area is 304 Å². The van der Waals surface area contributed by atoms with Crippen LogP contribution in [0.5, 0.6) is 0 Å². The van der Waals surface area contributed by atoms with Gasteiger partial charge in [-0.2, -0.15) is 8.42 Å². The molecule has 0 N–H and O–H groups in total. The fourth-order valence-corrected chi connectivity index (χ4v) is 8.35. The Hall–Kier alpha value is -4.89. The van der Waals surface area contributed by atoms with Crippen molar-refractivity contribution in [3.8, 4) is 12.3 Å². The van der Waals surface area contributed by atoms with Gasteiger partial charge < -0.3 is 23.7 Å². The van der Waals surface area contributed by atoms with Crippen LogP contribution in [0, 0.1) is 26.2 Å². The molecule has 0 aliphatic carbocycles. The lowest BCUT2D eigenvalue weighted by atomic mass is 9.97. The number of aryl methyl sites for hydroxylation is 2. The van der Waals surface area contributed by atoms with Crippen LogP contribution in [-0.4, -0.2) is 76.9 Å². The van der Waals surface area contributed by atoms with E-state index in [1.165, 1.54) is 36.4 Å². The first kappa shape index (κ1) is 38.3. The molecule has 0 spiro atoms. The Bertz CT molecular complexity index is 2020. The highest BCUT2D eigenvalue weighted by molar-refractivity contribution is 7.87. The van der Waals surface area contributed by atoms with Crippen molar-refractivity contribution in [2.45, 2.75) is 49.4 Å². The molecule has 13 heteroatoms. The van der Waals surface area contributed by atoms with Gasteiger partial charge in [-0.15, -0.1) is 6.42 Å². The molecular weight excluding hydrogens is 707 g/mol. The first-order chi connectivity index (χ1) is 25.0. The molecule has 0 radical (unpaired) electrons. The Morgan fingerprint density at radius 2 is 1.23 bits per heavy atom. The Balaban J connectivity index is 1.58. The minimum absolute atomic E-state index is 0.00873. The molecule has 0 aromatic heterocycles. The average molecular weight is 745 g/mol. The topological polar surface area (TPSA) is 141 Å². The SMILES string of the molecule is C#CCO[C@H]1O[C@H](COS(=O)(=O)c2c(C)cc(C)cc2PC)[C@@H](OC(=O)c2ccccc2)[C@H](OC(=O)c2ccccc2)[C@@H]1OC(=O)c1ccccc1. The normalized spacial score (nSPS) is 20.2. The summed E-state index contributed by atoms with van der Waals surface area (Å²) >= 11 is 0. The molecule has 5 rings (SSSR count). The van der Waals surface area contributed by atoms with Gasteiger partial charge in [0, 0.05) is 0 Å². The number of ether oxygens (including phenoxy) is 5. The number of hydrogen-bond donors (Lipinski definition) is 0. The van der Waals surface area contributed by atoms with Crippen LogP contribution in [0.3, 0.4) is 0 Å². The summed E-state index contributed by atoms with van der Waals surface area (Å²) in [6, 6.07) is 27.4. The molecule has 1 aliphatic heterocycles. The van der Waals surface area contributed by atoms with Crippen molar-refractivity contribution in [1.29, 1.82) is 0 Å². The fraction of sp³-hybridized carbons (Fsp3) is 0.256. The van der Waals surface area contributed by atoms with Gasteiger partial charge in [0.2, 0.25) is 0 Å². The summed E-state index contributed by atoms with van der Waals surface area (Å²) in [5, 5.41) is 0.576. The predicted octanol–water partition coefficient (Wildman–Crippen LogP) is 4.99. The third kappa shape index (κ3) is 9.31. The van der Waals surface area contributed by atoms with Crippen molar-refractivity contribution in [2.24, 2.45) is 0 Å². The Morgan fingerprint density at radius 3 is 1.71 bits per heavy atom. The number of terminal acetylenes is 1. The molecule has 0 amide bonds. The lowest BCUT2D eigenvalue weighted by molar-refractivity contribution is -0.294. The average Bonchev–Trinajstić information content (AvgIpc) is 3.15. The summed E-state index contributed by atoms with van der Waals surface area (Å²) in [6.45, 7) is 4.33. The molecule has 0 bridgehead atoms. The number of carbonyl (C=O) groups is 3. The minimum atomic E-state index is -4.42. The number of carbonyl (C=O) groups excluding carboxylic acids is 3. The van der Waals surface area contributed by atoms with Gasteiger partial charge in [0.1, 0.15) is 17.6 Å². The first-order valence-electron chi connectivity index (χ1n) is 16.2. The molecular formula is C39H37O11PS. The molecule has 52 heavy (non-hydrogen) atoms. The van der Waals surface area contributed by atoms with Crippen LogP contribution in [0.15, 0.2) is 108 Å². The zero-order valence-corrected chi connectivity index (χ0v) is 30.4. The summed E-state index contributed by atoms with van der Waals surface area (Å²) in [7, 11) is -4.29. The highest BCUT2D eigenvalue weighted by Crippen LogP contribution is 2.32. The van der Waals surface area contributed by atoms with Crippen molar-refractivity contribution >= 4 is 41.9 Å². The zero-order chi connectivity index (χ0) is 37.3. The van der Waals surface area contributed by atoms with E-state index in [0.29, 0.717) is 10.9 Å². The predicted molar refractivity (Wildman–Crippen MR) is 193 cm³/mol. The highest BCUT2D eigenvalue weighted by Gasteiger charge is 2.53. The summed E-state index contributed by atoms with van der Waals surface area (Å²) in [4.78, 5) is 40.7. The van der Waals surface area contributed by atoms with Gasteiger partial charge >= 0.3 is 17.9 Å². The van der Waals surface area contributed by atoms with Crippen LogP contribution >= 0.6 is 8.58 Å². The van der Waals surface area contributed by atoms with Gasteiger partial charge in [-0.1, -0.05) is 86.8 Å². The van der Waals surface area contributed by atoms with Crippen molar-refractivity contribution in [1.82, 2.24) is 0 Å². The van der Waals surface area contributed by atoms with E-state index in [-0.39, 0.29) is 36.8 Å². The molecule has 1 saturated heterocycles. The molecule has 1 heterocycles. The summed E-state index contributed by atoms with van der Waals surface area (Å²) in [5.41, 5.74) is 1.79. The van der Waals surface area contributed by atoms with Gasteiger partial charge in [0.15, 0.2) is 24.6 Å². The van der Waals surface area contributed by atoms with Gasteiger partial charge in [0.05, 0.1) is 23.3 Å². The van der Waals surface area contributed by atoms with Crippen LogP contribution in [-0.2, 0) is 38.0 Å². The standard InChI is InChI=1S/C39H37O11PS/c1-5-21-45-39-34(50-38(42)29-19-13-8-14-20-29)33(49-37(41)28-17-11-7-12-18-28)32(48-36(40)27-15-9-6-10-16-27)30(47-39)24-46-52(43,44)35-26(3)22-25(2)23-31(35)51-4/h1,6-20,22-23,30,32-34,39,51H,21,24H2,2-4H3/t30-,32-,33+,34+,39+/m1/s1. The molecule has 11 nitrogen and oxygen atoms in total. The van der Waals surface area contributed by atoms with Crippen LogP contribution in [0.2, 0.25) is 0 Å². The molecule has 4 aromatic rings. The summed E-state index contributed by atoms with van der Waals surface area (Å²) in [5.74, 6) is -0.234. The summed E-state index contributed by atoms with van der Waals surface area (Å²) < 4.78 is 63.1. The van der Waals surface area contributed by atoms with E-state index < -0.39 is 65.3 Å². The number of rotatable bonds is 13. The van der Waals surface area contributed by atoms with E-state index in [1.807, 2.05) is 13.6 Å². The lowest BCUT2D eigenvalue weighted by Crippen LogP contribution is -2.63. The van der Waals surface area contributed by atoms with Gasteiger partial charge in [0.25, 0.3) is 10.1 Å². The Kier molecular flexibility index (Phi) is 12.9. The molecule has 1 unspecified atom stereocenters. The van der Waals surface area contributed by atoms with Crippen LogP contribution in [0.25, 0.3) is 0 Å². The Morgan fingerprint density at radius 1 is 0.750 bits per heavy atom. The molecule has 1 aliphatic rings. The molecule has 1 fully saturated rings. The third-order valence-corrected chi connectivity index (χ3v) is 10.6. The van der Waals surface area contributed by atoms with Crippen LogP contribution < -0.4 is 5.30 Å². The minimum Gasteiger partial charge on any atom is -0.452 e. The fourth-order valence-electron chi connectivity index (χ4n) is 5.66. The molecule has 0 saturated carbocycles. The third-order valence-electron chi connectivity index (χ3n) is 8.01.